The minimum absolute atomic E-state index is 0.179. The number of aliphatic hydroxyl groups is 1. The summed E-state index contributed by atoms with van der Waals surface area (Å²) in [4.78, 5) is 11.6. The van der Waals surface area contributed by atoms with Crippen molar-refractivity contribution in [3.63, 3.8) is 0 Å². The quantitative estimate of drug-likeness (QED) is 0.318. The summed E-state index contributed by atoms with van der Waals surface area (Å²) in [5, 5.41) is 11.7. The summed E-state index contributed by atoms with van der Waals surface area (Å²) in [6.45, 7) is 13.6. The Morgan fingerprint density at radius 1 is 1.06 bits per heavy atom. The molecule has 4 rings (SSSR count). The van der Waals surface area contributed by atoms with Gasteiger partial charge in [0, 0.05) is 18.8 Å². The lowest BCUT2D eigenvalue weighted by Gasteiger charge is -2.65. The van der Waals surface area contributed by atoms with E-state index in [1.54, 1.807) is 0 Å². The molecule has 33 heavy (non-hydrogen) atoms. The molecular formula is C29H49ClO3. The molecule has 0 amide bonds. The highest BCUT2D eigenvalue weighted by Gasteiger charge is 2.67. The maximum Gasteiger partial charge on any atom is 0.302 e. The van der Waals surface area contributed by atoms with Gasteiger partial charge >= 0.3 is 5.97 Å². The minimum Gasteiger partial charge on any atom is -0.462 e. The molecule has 1 N–H and O–H groups in total. The summed E-state index contributed by atoms with van der Waals surface area (Å²) in [6.07, 6.45) is 12.3. The van der Waals surface area contributed by atoms with Crippen LogP contribution in [0.1, 0.15) is 112 Å². The zero-order valence-electron chi connectivity index (χ0n) is 22.0. The lowest BCUT2D eigenvalue weighted by Crippen LogP contribution is -2.67. The molecule has 0 spiro atoms. The molecule has 0 aromatic heterocycles. The van der Waals surface area contributed by atoms with Crippen molar-refractivity contribution in [2.45, 2.75) is 129 Å². The van der Waals surface area contributed by atoms with E-state index < -0.39 is 5.60 Å². The summed E-state index contributed by atoms with van der Waals surface area (Å²) in [7, 11) is 0. The Bertz CT molecular complexity index is 724. The third kappa shape index (κ3) is 4.30. The van der Waals surface area contributed by atoms with Crippen LogP contribution in [0.2, 0.25) is 0 Å². The van der Waals surface area contributed by atoms with Crippen molar-refractivity contribution in [1.29, 1.82) is 0 Å². The maximum atomic E-state index is 12.0. The fourth-order valence-corrected chi connectivity index (χ4v) is 10.1. The van der Waals surface area contributed by atoms with E-state index in [-0.39, 0.29) is 22.9 Å². The van der Waals surface area contributed by atoms with Crippen LogP contribution in [0.25, 0.3) is 0 Å². The number of esters is 1. The zero-order valence-corrected chi connectivity index (χ0v) is 22.8. The molecule has 4 fully saturated rings. The van der Waals surface area contributed by atoms with Crippen LogP contribution in [0.4, 0.5) is 0 Å². The smallest absolute Gasteiger partial charge is 0.302 e. The third-order valence-electron chi connectivity index (χ3n) is 11.3. The highest BCUT2D eigenvalue weighted by atomic mass is 35.5. The second-order valence-electron chi connectivity index (χ2n) is 13.4. The molecule has 4 aliphatic rings. The molecule has 4 aliphatic carbocycles. The Labute approximate surface area is 207 Å². The van der Waals surface area contributed by atoms with Gasteiger partial charge in [-0.3, -0.25) is 4.79 Å². The van der Waals surface area contributed by atoms with Crippen LogP contribution < -0.4 is 0 Å². The molecule has 0 aliphatic heterocycles. The Morgan fingerprint density at radius 2 is 1.79 bits per heavy atom. The van der Waals surface area contributed by atoms with Crippen LogP contribution in [0.3, 0.4) is 0 Å². The second kappa shape index (κ2) is 9.30. The van der Waals surface area contributed by atoms with Crippen LogP contribution in [0.15, 0.2) is 0 Å². The summed E-state index contributed by atoms with van der Waals surface area (Å²) in [5.41, 5.74) is -0.693. The fraction of sp³-hybridized carbons (Fsp3) is 0.966. The van der Waals surface area contributed by atoms with E-state index >= 15 is 0 Å². The average Bonchev–Trinajstić information content (AvgIpc) is 3.07. The first kappa shape index (κ1) is 25.8. The molecule has 0 radical (unpaired) electrons. The van der Waals surface area contributed by atoms with Gasteiger partial charge in [0.2, 0.25) is 0 Å². The summed E-state index contributed by atoms with van der Waals surface area (Å²) in [5.74, 6) is 4.08. The number of hydrogen-bond acceptors (Lipinski definition) is 3. The highest BCUT2D eigenvalue weighted by molar-refractivity contribution is 6.21. The van der Waals surface area contributed by atoms with E-state index in [1.807, 2.05) is 0 Å². The largest absolute Gasteiger partial charge is 0.462 e. The summed E-state index contributed by atoms with van der Waals surface area (Å²) < 4.78 is 5.55. The van der Waals surface area contributed by atoms with Crippen molar-refractivity contribution in [1.82, 2.24) is 0 Å². The predicted molar refractivity (Wildman–Crippen MR) is 135 cm³/mol. The Hall–Kier alpha value is -0.280. The van der Waals surface area contributed by atoms with Gasteiger partial charge in [0.15, 0.2) is 0 Å². The first-order valence-electron chi connectivity index (χ1n) is 14.0. The molecule has 3 nitrogen and oxygen atoms in total. The molecule has 0 bridgehead atoms. The van der Waals surface area contributed by atoms with Gasteiger partial charge < -0.3 is 9.84 Å². The number of hydrogen-bond donors (Lipinski definition) is 1. The Kier molecular flexibility index (Phi) is 7.28. The highest BCUT2D eigenvalue weighted by Crippen LogP contribution is 2.69. The molecule has 10 atom stereocenters. The number of alkyl halides is 1. The number of carbonyl (C=O) groups is 1. The van der Waals surface area contributed by atoms with Crippen LogP contribution >= 0.6 is 11.6 Å². The minimum atomic E-state index is -0.941. The van der Waals surface area contributed by atoms with Gasteiger partial charge in [-0.15, -0.1) is 11.6 Å². The van der Waals surface area contributed by atoms with Gasteiger partial charge in [-0.05, 0) is 85.9 Å². The van der Waals surface area contributed by atoms with Gasteiger partial charge in [0.1, 0.15) is 6.10 Å². The van der Waals surface area contributed by atoms with Crippen molar-refractivity contribution in [2.75, 3.05) is 0 Å². The van der Waals surface area contributed by atoms with Gasteiger partial charge in [-0.2, -0.15) is 0 Å². The van der Waals surface area contributed by atoms with Gasteiger partial charge in [0.25, 0.3) is 0 Å². The number of carbonyl (C=O) groups excluding carboxylic acids is 1. The Morgan fingerprint density at radius 3 is 2.45 bits per heavy atom. The molecule has 0 aromatic carbocycles. The topological polar surface area (TPSA) is 46.5 Å². The standard InChI is InChI=1S/C29H49ClO3/c1-18(2)8-7-9-19(3)23-10-11-24-22-16-26(30)29(32)17-21(33-20(4)31)12-15-28(29,6)25(22)13-14-27(23,24)5/h18-19,21-26,32H,7-17H2,1-6H3/t19-,21+,22+,23-,24+,25+,26-,27-,28-,29+/m1/s1. The lowest BCUT2D eigenvalue weighted by atomic mass is 9.43. The van der Waals surface area contributed by atoms with Crippen LogP contribution in [0.5, 0.6) is 0 Å². The molecule has 0 saturated heterocycles. The summed E-state index contributed by atoms with van der Waals surface area (Å²) in [6, 6.07) is 0. The lowest BCUT2D eigenvalue weighted by molar-refractivity contribution is -0.221. The molecule has 0 heterocycles. The second-order valence-corrected chi connectivity index (χ2v) is 14.0. The van der Waals surface area contributed by atoms with E-state index in [9.17, 15) is 9.90 Å². The third-order valence-corrected chi connectivity index (χ3v) is 11.8. The van der Waals surface area contributed by atoms with Crippen molar-refractivity contribution < 1.29 is 14.6 Å². The maximum absolute atomic E-state index is 12.0. The molecule has 0 unspecified atom stereocenters. The number of ether oxygens (including phenoxy) is 1. The molecule has 190 valence electrons. The van der Waals surface area contributed by atoms with Crippen molar-refractivity contribution >= 4 is 17.6 Å². The van der Waals surface area contributed by atoms with E-state index in [1.165, 1.54) is 51.9 Å². The SMILES string of the molecule is CC(=O)O[C@H]1CC[C@]2(C)[C@H]3CC[C@]4(C)[C@@H]([C@H](C)CCCC(C)C)CC[C@H]4[C@@H]3C[C@@H](Cl)[C@@]2(O)C1. The van der Waals surface area contributed by atoms with Gasteiger partial charge in [-0.25, -0.2) is 0 Å². The van der Waals surface area contributed by atoms with E-state index in [0.717, 1.165) is 42.9 Å². The Balaban J connectivity index is 1.51. The van der Waals surface area contributed by atoms with E-state index in [2.05, 4.69) is 34.6 Å². The van der Waals surface area contributed by atoms with Crippen molar-refractivity contribution in [3.05, 3.63) is 0 Å². The monoisotopic (exact) mass is 480 g/mol. The van der Waals surface area contributed by atoms with Crippen LogP contribution in [-0.4, -0.2) is 28.2 Å². The van der Waals surface area contributed by atoms with E-state index in [0.29, 0.717) is 23.7 Å². The van der Waals surface area contributed by atoms with Crippen molar-refractivity contribution in [2.24, 2.45) is 46.3 Å². The van der Waals surface area contributed by atoms with Crippen LogP contribution in [0, 0.1) is 46.3 Å². The van der Waals surface area contributed by atoms with Crippen molar-refractivity contribution in [3.8, 4) is 0 Å². The first-order valence-corrected chi connectivity index (χ1v) is 14.4. The first-order chi connectivity index (χ1) is 15.4. The molecule has 4 saturated carbocycles. The normalized spacial score (nSPS) is 48.0. The average molecular weight is 481 g/mol. The number of rotatable bonds is 6. The molecular weight excluding hydrogens is 432 g/mol. The molecule has 4 heteroatoms. The number of fused-ring (bicyclic) bond motifs is 5. The van der Waals surface area contributed by atoms with Gasteiger partial charge in [-0.1, -0.05) is 53.9 Å². The van der Waals surface area contributed by atoms with E-state index in [4.69, 9.17) is 16.3 Å². The molecule has 0 aromatic rings. The predicted octanol–water partition coefficient (Wildman–Crippen LogP) is 7.37. The summed E-state index contributed by atoms with van der Waals surface area (Å²) >= 11 is 7.09. The van der Waals surface area contributed by atoms with Crippen LogP contribution in [-0.2, 0) is 9.53 Å². The zero-order chi connectivity index (χ0) is 24.2. The van der Waals surface area contributed by atoms with Gasteiger partial charge in [0.05, 0.1) is 11.0 Å². The fourth-order valence-electron chi connectivity index (χ4n) is 9.55. The number of halogens is 1.